The molecule has 2 saturated heterocycles. The Morgan fingerprint density at radius 2 is 2.14 bits per heavy atom. The first-order valence-corrected chi connectivity index (χ1v) is 8.14. The topological polar surface area (TPSA) is 65.5 Å². The van der Waals surface area contributed by atoms with Gasteiger partial charge in [-0.3, -0.25) is 9.59 Å². The minimum absolute atomic E-state index is 0.0175. The molecule has 0 spiro atoms. The number of carbonyl (C=O) groups is 2. The molecular weight excluding hydrogens is 288 g/mol. The second-order valence-corrected chi connectivity index (χ2v) is 6.20. The number of aromatic nitrogens is 1. The second-order valence-electron chi connectivity index (χ2n) is 5.15. The first-order chi connectivity index (χ1) is 10.2. The van der Waals surface area contributed by atoms with E-state index in [-0.39, 0.29) is 17.7 Å². The molecule has 6 nitrogen and oxygen atoms in total. The lowest BCUT2D eigenvalue weighted by molar-refractivity contribution is -0.116. The van der Waals surface area contributed by atoms with Crippen molar-refractivity contribution < 1.29 is 9.59 Å². The van der Waals surface area contributed by atoms with Gasteiger partial charge in [-0.15, -0.1) is 0 Å². The summed E-state index contributed by atoms with van der Waals surface area (Å²) in [7, 11) is 0. The SMILES string of the molecule is O=C(CN1CCSC1=O)Nc1cccnc1N1CCCC1. The maximum Gasteiger partial charge on any atom is 0.282 e. The van der Waals surface area contributed by atoms with Gasteiger partial charge < -0.3 is 15.1 Å². The third-order valence-electron chi connectivity index (χ3n) is 3.65. The summed E-state index contributed by atoms with van der Waals surface area (Å²) in [5.74, 6) is 1.42. The maximum absolute atomic E-state index is 12.1. The molecular formula is C14H18N4O2S. The Bertz CT molecular complexity index is 546. The fraction of sp³-hybridized carbons (Fsp3) is 0.500. The molecule has 1 N–H and O–H groups in total. The number of hydrogen-bond donors (Lipinski definition) is 1. The number of carbonyl (C=O) groups excluding carboxylic acids is 2. The van der Waals surface area contributed by atoms with E-state index in [1.54, 1.807) is 11.1 Å². The van der Waals surface area contributed by atoms with Crippen LogP contribution in [0.4, 0.5) is 16.3 Å². The highest BCUT2D eigenvalue weighted by Gasteiger charge is 2.24. The van der Waals surface area contributed by atoms with Crippen molar-refractivity contribution in [1.82, 2.24) is 9.88 Å². The Balaban J connectivity index is 1.66. The minimum atomic E-state index is -0.167. The molecule has 21 heavy (non-hydrogen) atoms. The van der Waals surface area contributed by atoms with Crippen LogP contribution in [0.2, 0.25) is 0 Å². The van der Waals surface area contributed by atoms with Gasteiger partial charge in [-0.05, 0) is 25.0 Å². The number of nitrogens with one attached hydrogen (secondary N) is 1. The lowest BCUT2D eigenvalue weighted by Gasteiger charge is -2.20. The summed E-state index contributed by atoms with van der Waals surface area (Å²) in [4.78, 5) is 31.8. The smallest absolute Gasteiger partial charge is 0.282 e. The molecule has 2 fully saturated rings. The number of pyridine rings is 1. The van der Waals surface area contributed by atoms with Crippen LogP contribution < -0.4 is 10.2 Å². The van der Waals surface area contributed by atoms with E-state index in [1.165, 1.54) is 11.8 Å². The molecule has 1 aromatic heterocycles. The average molecular weight is 306 g/mol. The first kappa shape index (κ1) is 14.2. The van der Waals surface area contributed by atoms with Crippen molar-refractivity contribution in [3.63, 3.8) is 0 Å². The summed E-state index contributed by atoms with van der Waals surface area (Å²) in [6.45, 7) is 2.70. The van der Waals surface area contributed by atoms with Gasteiger partial charge in [0.1, 0.15) is 6.54 Å². The highest BCUT2D eigenvalue weighted by Crippen LogP contribution is 2.26. The molecule has 1 aromatic rings. The number of nitrogens with zero attached hydrogens (tertiary/aromatic N) is 3. The molecule has 2 aliphatic heterocycles. The Kier molecular flexibility index (Phi) is 4.28. The molecule has 0 aliphatic carbocycles. The zero-order valence-electron chi connectivity index (χ0n) is 11.7. The molecule has 0 radical (unpaired) electrons. The van der Waals surface area contributed by atoms with Crippen molar-refractivity contribution in [3.05, 3.63) is 18.3 Å². The molecule has 3 rings (SSSR count). The van der Waals surface area contributed by atoms with Crippen molar-refractivity contribution in [3.8, 4) is 0 Å². The number of anilines is 2. The van der Waals surface area contributed by atoms with E-state index in [0.29, 0.717) is 6.54 Å². The molecule has 0 bridgehead atoms. The van der Waals surface area contributed by atoms with Crippen LogP contribution in [0.25, 0.3) is 0 Å². The van der Waals surface area contributed by atoms with Gasteiger partial charge in [0.2, 0.25) is 5.91 Å². The highest BCUT2D eigenvalue weighted by atomic mass is 32.2. The molecule has 3 heterocycles. The zero-order valence-corrected chi connectivity index (χ0v) is 12.6. The van der Waals surface area contributed by atoms with Gasteiger partial charge in [-0.25, -0.2) is 4.98 Å². The monoisotopic (exact) mass is 306 g/mol. The summed E-state index contributed by atoms with van der Waals surface area (Å²) in [5.41, 5.74) is 0.726. The van der Waals surface area contributed by atoms with Gasteiger partial charge in [0.05, 0.1) is 5.69 Å². The maximum atomic E-state index is 12.1. The molecule has 0 saturated carbocycles. The number of thioether (sulfide) groups is 1. The van der Waals surface area contributed by atoms with E-state index in [4.69, 9.17) is 0 Å². The van der Waals surface area contributed by atoms with Crippen LogP contribution in [0, 0.1) is 0 Å². The lowest BCUT2D eigenvalue weighted by atomic mass is 10.3. The second kappa shape index (κ2) is 6.34. The van der Waals surface area contributed by atoms with Crippen LogP contribution in [-0.4, -0.2) is 53.0 Å². The third-order valence-corrected chi connectivity index (χ3v) is 4.54. The molecule has 2 aliphatic rings. The number of amides is 2. The van der Waals surface area contributed by atoms with Crippen molar-refractivity contribution in [1.29, 1.82) is 0 Å². The summed E-state index contributed by atoms with van der Waals surface area (Å²) in [6, 6.07) is 3.67. The van der Waals surface area contributed by atoms with Crippen LogP contribution in [0.1, 0.15) is 12.8 Å². The quantitative estimate of drug-likeness (QED) is 0.918. The van der Waals surface area contributed by atoms with E-state index in [1.807, 2.05) is 12.1 Å². The fourth-order valence-electron chi connectivity index (χ4n) is 2.61. The Hall–Kier alpha value is -1.76. The van der Waals surface area contributed by atoms with E-state index in [9.17, 15) is 9.59 Å². The minimum Gasteiger partial charge on any atom is -0.355 e. The van der Waals surface area contributed by atoms with Crippen molar-refractivity contribution in [2.75, 3.05) is 42.1 Å². The third kappa shape index (κ3) is 3.29. The molecule has 7 heteroatoms. The van der Waals surface area contributed by atoms with Gasteiger partial charge in [0.15, 0.2) is 5.82 Å². The molecule has 112 valence electrons. The van der Waals surface area contributed by atoms with Crippen LogP contribution in [0.5, 0.6) is 0 Å². The standard InChI is InChI=1S/C14H18N4O2S/c19-12(10-18-8-9-21-14(18)20)16-11-4-3-5-15-13(11)17-6-1-2-7-17/h3-5H,1-2,6-10H2,(H,16,19). The zero-order chi connectivity index (χ0) is 14.7. The van der Waals surface area contributed by atoms with Gasteiger partial charge in [-0.1, -0.05) is 11.8 Å². The molecule has 0 aromatic carbocycles. The summed E-state index contributed by atoms with van der Waals surface area (Å²) in [6.07, 6.45) is 4.05. The Morgan fingerprint density at radius 3 is 2.86 bits per heavy atom. The van der Waals surface area contributed by atoms with Crippen molar-refractivity contribution in [2.24, 2.45) is 0 Å². The molecule has 0 atom stereocenters. The van der Waals surface area contributed by atoms with E-state index in [0.717, 1.165) is 43.2 Å². The fourth-order valence-corrected chi connectivity index (χ4v) is 3.43. The van der Waals surface area contributed by atoms with Crippen LogP contribution in [-0.2, 0) is 4.79 Å². The van der Waals surface area contributed by atoms with Gasteiger partial charge in [0, 0.05) is 31.6 Å². The predicted octanol–water partition coefficient (Wildman–Crippen LogP) is 1.79. The summed E-state index contributed by atoms with van der Waals surface area (Å²) in [5, 5.41) is 2.87. The van der Waals surface area contributed by atoms with Crippen LogP contribution >= 0.6 is 11.8 Å². The normalized spacial score (nSPS) is 18.4. The van der Waals surface area contributed by atoms with Crippen molar-refractivity contribution >= 4 is 34.4 Å². The van der Waals surface area contributed by atoms with Gasteiger partial charge >= 0.3 is 0 Å². The van der Waals surface area contributed by atoms with Gasteiger partial charge in [-0.2, -0.15) is 0 Å². The Morgan fingerprint density at radius 1 is 1.33 bits per heavy atom. The van der Waals surface area contributed by atoms with Crippen LogP contribution in [0.3, 0.4) is 0 Å². The van der Waals surface area contributed by atoms with Crippen molar-refractivity contribution in [2.45, 2.75) is 12.8 Å². The van der Waals surface area contributed by atoms with E-state index < -0.39 is 0 Å². The Labute approximate surface area is 127 Å². The van der Waals surface area contributed by atoms with E-state index in [2.05, 4.69) is 15.2 Å². The molecule has 0 unspecified atom stereocenters. The summed E-state index contributed by atoms with van der Waals surface area (Å²) < 4.78 is 0. The summed E-state index contributed by atoms with van der Waals surface area (Å²) >= 11 is 1.26. The number of hydrogen-bond acceptors (Lipinski definition) is 5. The number of rotatable bonds is 4. The highest BCUT2D eigenvalue weighted by molar-refractivity contribution is 8.13. The lowest BCUT2D eigenvalue weighted by Crippen LogP contribution is -2.33. The predicted molar refractivity (Wildman–Crippen MR) is 83.7 cm³/mol. The van der Waals surface area contributed by atoms with E-state index >= 15 is 0 Å². The largest absolute Gasteiger partial charge is 0.355 e. The molecule has 2 amide bonds. The average Bonchev–Trinajstić information content (AvgIpc) is 3.12. The van der Waals surface area contributed by atoms with Gasteiger partial charge in [0.25, 0.3) is 5.24 Å². The first-order valence-electron chi connectivity index (χ1n) is 7.15. The van der Waals surface area contributed by atoms with Crippen LogP contribution in [0.15, 0.2) is 18.3 Å².